The van der Waals surface area contributed by atoms with Crippen LogP contribution in [0.15, 0.2) is 217 Å². The average molecular weight is 836 g/mol. The number of furan rings is 1. The van der Waals surface area contributed by atoms with Gasteiger partial charge in [0.15, 0.2) is 0 Å². The third kappa shape index (κ3) is 5.51. The molecule has 64 heavy (non-hydrogen) atoms. The molecule has 0 saturated carbocycles. The molecule has 0 fully saturated rings. The summed E-state index contributed by atoms with van der Waals surface area (Å²) in [5, 5.41) is 7.35. The molecule has 3 heteroatoms. The molecule has 0 unspecified atom stereocenters. The van der Waals surface area contributed by atoms with Gasteiger partial charge in [-0.25, -0.2) is 0 Å². The van der Waals surface area contributed by atoms with E-state index in [-0.39, 0.29) is 5.41 Å². The summed E-state index contributed by atoms with van der Waals surface area (Å²) >= 11 is 1.88. The summed E-state index contributed by atoms with van der Waals surface area (Å²) in [6.07, 6.45) is 0. The Kier molecular flexibility index (Phi) is 8.16. The number of hydrogen-bond acceptors (Lipinski definition) is 3. The molecule has 13 rings (SSSR count). The van der Waals surface area contributed by atoms with Crippen LogP contribution in [0, 0.1) is 0 Å². The molecule has 0 amide bonds. The first kappa shape index (κ1) is 36.9. The summed E-state index contributed by atoms with van der Waals surface area (Å²) in [6, 6.07) is 77.9. The van der Waals surface area contributed by atoms with Crippen molar-refractivity contribution >= 4 is 81.3 Å². The first-order valence-corrected chi connectivity index (χ1v) is 22.9. The second kappa shape index (κ2) is 14.2. The number of rotatable bonds is 6. The van der Waals surface area contributed by atoms with Crippen molar-refractivity contribution in [2.24, 2.45) is 0 Å². The highest BCUT2D eigenvalue weighted by atomic mass is 32.1. The van der Waals surface area contributed by atoms with Crippen LogP contribution in [-0.2, 0) is 5.41 Å². The van der Waals surface area contributed by atoms with E-state index in [1.807, 2.05) is 11.3 Å². The molecule has 0 bridgehead atoms. The lowest BCUT2D eigenvalue weighted by molar-refractivity contribution is 0.660. The van der Waals surface area contributed by atoms with Crippen molar-refractivity contribution in [1.82, 2.24) is 0 Å². The molecular weight excluding hydrogens is 795 g/mol. The smallest absolute Gasteiger partial charge is 0.143 e. The van der Waals surface area contributed by atoms with Crippen LogP contribution in [0.3, 0.4) is 0 Å². The zero-order valence-corrected chi connectivity index (χ0v) is 36.3. The highest BCUT2D eigenvalue weighted by molar-refractivity contribution is 7.26. The van der Waals surface area contributed by atoms with Crippen LogP contribution in [0.5, 0.6) is 0 Å². The first-order valence-electron chi connectivity index (χ1n) is 22.1. The summed E-state index contributed by atoms with van der Waals surface area (Å²) in [6.45, 7) is 4.73. The first-order chi connectivity index (χ1) is 31.5. The maximum atomic E-state index is 6.82. The SMILES string of the molecule is CC1(C)c2ccccc2-c2c(N(c3ccc(-c4ccccc4)cc3)c3cccc(-c4cccc5c4oc4ccccc45)c3-c3ccc4sc5c6ccccc6ccc5c4c3)cccc21. The Balaban J connectivity index is 1.13. The van der Waals surface area contributed by atoms with Gasteiger partial charge in [-0.15, -0.1) is 11.3 Å². The summed E-state index contributed by atoms with van der Waals surface area (Å²) in [5.41, 5.74) is 17.1. The molecule has 0 saturated heterocycles. The normalized spacial score (nSPS) is 13.0. The second-order valence-electron chi connectivity index (χ2n) is 17.6. The molecule has 12 aromatic rings. The zero-order valence-electron chi connectivity index (χ0n) is 35.5. The highest BCUT2D eigenvalue weighted by Crippen LogP contribution is 2.56. The fraction of sp³-hybridized carbons (Fsp3) is 0.0492. The predicted octanol–water partition coefficient (Wildman–Crippen LogP) is 17.9. The van der Waals surface area contributed by atoms with Gasteiger partial charge in [-0.2, -0.15) is 0 Å². The van der Waals surface area contributed by atoms with Gasteiger partial charge in [0.25, 0.3) is 0 Å². The lowest BCUT2D eigenvalue weighted by atomic mass is 9.82. The molecule has 2 aromatic heterocycles. The van der Waals surface area contributed by atoms with Gasteiger partial charge in [0.1, 0.15) is 11.2 Å². The van der Waals surface area contributed by atoms with Crippen molar-refractivity contribution in [3.63, 3.8) is 0 Å². The van der Waals surface area contributed by atoms with Crippen molar-refractivity contribution in [2.45, 2.75) is 19.3 Å². The molecule has 302 valence electrons. The molecule has 0 atom stereocenters. The second-order valence-corrected chi connectivity index (χ2v) is 18.6. The molecule has 2 heterocycles. The molecule has 0 spiro atoms. The van der Waals surface area contributed by atoms with Gasteiger partial charge in [-0.1, -0.05) is 184 Å². The molecular formula is C61H41NOS. The van der Waals surface area contributed by atoms with Gasteiger partial charge in [0.2, 0.25) is 0 Å². The predicted molar refractivity (Wildman–Crippen MR) is 273 cm³/mol. The largest absolute Gasteiger partial charge is 0.455 e. The lowest BCUT2D eigenvalue weighted by Gasteiger charge is -2.31. The maximum absolute atomic E-state index is 6.82. The number of hydrogen-bond donors (Lipinski definition) is 0. The summed E-state index contributed by atoms with van der Waals surface area (Å²) in [7, 11) is 0. The average Bonchev–Trinajstić information content (AvgIpc) is 4.00. The summed E-state index contributed by atoms with van der Waals surface area (Å²) in [4.78, 5) is 2.52. The van der Waals surface area contributed by atoms with Crippen LogP contribution in [0.25, 0.3) is 97.4 Å². The summed E-state index contributed by atoms with van der Waals surface area (Å²) in [5.74, 6) is 0. The Labute approximate surface area is 375 Å². The standard InChI is InChI=1S/C61H41NOS/c1-61(2)51-24-10-8-20-49(51)58-52(61)25-14-27-54(58)62(42-33-29-39(30-34-42)38-15-4-3-5-16-38)53-26-13-21-45(47-23-12-22-46-44-19-9-11-28-55(44)63-59(46)47)57(53)41-32-36-56-50(37-41)48-35-31-40-17-6-7-18-43(40)60(48)64-56/h3-37H,1-2H3. The van der Waals surface area contributed by atoms with Crippen molar-refractivity contribution in [3.05, 3.63) is 223 Å². The molecule has 2 nitrogen and oxygen atoms in total. The van der Waals surface area contributed by atoms with Crippen LogP contribution in [0.2, 0.25) is 0 Å². The van der Waals surface area contributed by atoms with Gasteiger partial charge in [0.05, 0.1) is 11.4 Å². The van der Waals surface area contributed by atoms with E-state index in [2.05, 4.69) is 231 Å². The number of thiophene rings is 1. The molecule has 0 radical (unpaired) electrons. The number of nitrogens with zero attached hydrogens (tertiary/aromatic N) is 1. The Morgan fingerprint density at radius 2 is 1.06 bits per heavy atom. The van der Waals surface area contributed by atoms with Crippen LogP contribution in [0.4, 0.5) is 17.1 Å². The van der Waals surface area contributed by atoms with Gasteiger partial charge in [-0.05, 0) is 92.2 Å². The van der Waals surface area contributed by atoms with Gasteiger partial charge in [0, 0.05) is 58.7 Å². The van der Waals surface area contributed by atoms with Gasteiger partial charge >= 0.3 is 0 Å². The molecule has 1 aliphatic carbocycles. The van der Waals surface area contributed by atoms with Crippen LogP contribution in [-0.4, -0.2) is 0 Å². The Morgan fingerprint density at radius 1 is 0.422 bits per heavy atom. The molecule has 10 aromatic carbocycles. The molecule has 0 N–H and O–H groups in total. The number of para-hydroxylation sites is 2. The number of anilines is 3. The highest BCUT2D eigenvalue weighted by Gasteiger charge is 2.38. The van der Waals surface area contributed by atoms with E-state index < -0.39 is 0 Å². The minimum atomic E-state index is -0.165. The van der Waals surface area contributed by atoms with E-state index in [9.17, 15) is 0 Å². The van der Waals surface area contributed by atoms with Crippen molar-refractivity contribution < 1.29 is 4.42 Å². The van der Waals surface area contributed by atoms with E-state index in [0.29, 0.717) is 0 Å². The fourth-order valence-corrected chi connectivity index (χ4v) is 11.9. The minimum Gasteiger partial charge on any atom is -0.455 e. The lowest BCUT2D eigenvalue weighted by Crippen LogP contribution is -2.16. The fourth-order valence-electron chi connectivity index (χ4n) is 10.6. The van der Waals surface area contributed by atoms with E-state index in [4.69, 9.17) is 4.42 Å². The monoisotopic (exact) mass is 835 g/mol. The Bertz CT molecular complexity index is 3820. The third-order valence-corrected chi connectivity index (χ3v) is 14.9. The topological polar surface area (TPSA) is 16.4 Å². The van der Waals surface area contributed by atoms with Gasteiger partial charge in [-0.3, -0.25) is 0 Å². The summed E-state index contributed by atoms with van der Waals surface area (Å²) < 4.78 is 9.43. The van der Waals surface area contributed by atoms with E-state index in [1.165, 1.54) is 64.3 Å². The third-order valence-electron chi connectivity index (χ3n) is 13.7. The van der Waals surface area contributed by atoms with E-state index in [0.717, 1.165) is 61.3 Å². The van der Waals surface area contributed by atoms with Crippen LogP contribution in [0.1, 0.15) is 25.0 Å². The Hall–Kier alpha value is -7.72. The maximum Gasteiger partial charge on any atom is 0.143 e. The van der Waals surface area contributed by atoms with Crippen molar-refractivity contribution in [1.29, 1.82) is 0 Å². The number of benzene rings is 10. The van der Waals surface area contributed by atoms with Crippen LogP contribution >= 0.6 is 11.3 Å². The quantitative estimate of drug-likeness (QED) is 0.166. The Morgan fingerprint density at radius 3 is 1.94 bits per heavy atom. The minimum absolute atomic E-state index is 0.165. The van der Waals surface area contributed by atoms with Crippen LogP contribution < -0.4 is 4.90 Å². The molecule has 1 aliphatic rings. The van der Waals surface area contributed by atoms with Crippen molar-refractivity contribution in [2.75, 3.05) is 4.90 Å². The van der Waals surface area contributed by atoms with Gasteiger partial charge < -0.3 is 9.32 Å². The van der Waals surface area contributed by atoms with Crippen molar-refractivity contribution in [3.8, 4) is 44.5 Å². The zero-order chi connectivity index (χ0) is 42.5. The van der Waals surface area contributed by atoms with E-state index in [1.54, 1.807) is 0 Å². The molecule has 0 aliphatic heterocycles. The van der Waals surface area contributed by atoms with E-state index >= 15 is 0 Å². The number of fused-ring (bicyclic) bond motifs is 11.